The lowest BCUT2D eigenvalue weighted by atomic mass is 10.1. The van der Waals surface area contributed by atoms with E-state index in [1.54, 1.807) is 31.2 Å². The number of aryl methyl sites for hydroxylation is 1. The molecular formula is C22H22N4O3. The first-order valence-electron chi connectivity index (χ1n) is 9.25. The molecule has 0 spiro atoms. The second-order valence-corrected chi connectivity index (χ2v) is 6.36. The van der Waals surface area contributed by atoms with Crippen molar-refractivity contribution in [1.82, 2.24) is 9.97 Å². The summed E-state index contributed by atoms with van der Waals surface area (Å²) in [4.78, 5) is 32.9. The van der Waals surface area contributed by atoms with Crippen LogP contribution in [0, 0.1) is 6.92 Å². The van der Waals surface area contributed by atoms with Crippen LogP contribution in [0.5, 0.6) is 0 Å². The van der Waals surface area contributed by atoms with E-state index in [9.17, 15) is 9.59 Å². The predicted molar refractivity (Wildman–Crippen MR) is 111 cm³/mol. The van der Waals surface area contributed by atoms with Gasteiger partial charge in [-0.25, -0.2) is 14.8 Å². The Bertz CT molecular complexity index is 1000. The van der Waals surface area contributed by atoms with E-state index >= 15 is 0 Å². The van der Waals surface area contributed by atoms with Crippen LogP contribution in [-0.4, -0.2) is 28.5 Å². The third-order valence-electron chi connectivity index (χ3n) is 4.12. The van der Waals surface area contributed by atoms with Crippen molar-refractivity contribution in [2.24, 2.45) is 0 Å². The molecule has 7 heteroatoms. The largest absolute Gasteiger partial charge is 0.462 e. The number of carbonyl (C=O) groups excluding carboxylic acids is 2. The minimum Gasteiger partial charge on any atom is -0.462 e. The van der Waals surface area contributed by atoms with E-state index in [0.717, 1.165) is 5.56 Å². The molecule has 3 aromatic rings. The highest BCUT2D eigenvalue weighted by atomic mass is 16.5. The minimum absolute atomic E-state index is 0.256. The van der Waals surface area contributed by atoms with E-state index in [1.165, 1.54) is 18.0 Å². The first kappa shape index (κ1) is 20.0. The van der Waals surface area contributed by atoms with E-state index in [4.69, 9.17) is 4.74 Å². The number of aromatic nitrogens is 2. The summed E-state index contributed by atoms with van der Waals surface area (Å²) in [5.74, 6) is -0.475. The van der Waals surface area contributed by atoms with Crippen LogP contribution in [0.3, 0.4) is 0 Å². The molecule has 0 saturated carbocycles. The maximum absolute atomic E-state index is 12.5. The van der Waals surface area contributed by atoms with Gasteiger partial charge < -0.3 is 15.4 Å². The molecule has 1 amide bonds. The molecule has 0 aliphatic carbocycles. The monoisotopic (exact) mass is 390 g/mol. The van der Waals surface area contributed by atoms with Gasteiger partial charge in [0.1, 0.15) is 0 Å². The molecule has 0 radical (unpaired) electrons. The van der Waals surface area contributed by atoms with Crippen molar-refractivity contribution < 1.29 is 14.3 Å². The van der Waals surface area contributed by atoms with Crippen LogP contribution < -0.4 is 10.6 Å². The number of carbonyl (C=O) groups is 2. The Morgan fingerprint density at radius 3 is 2.52 bits per heavy atom. The summed E-state index contributed by atoms with van der Waals surface area (Å²) in [6.07, 6.45) is 2.88. The number of nitrogens with one attached hydrogen (secondary N) is 2. The van der Waals surface area contributed by atoms with Crippen LogP contribution in [0.15, 0.2) is 60.9 Å². The second-order valence-electron chi connectivity index (χ2n) is 6.36. The van der Waals surface area contributed by atoms with Gasteiger partial charge in [0.25, 0.3) is 5.91 Å². The number of hydrogen-bond donors (Lipinski definition) is 2. The maximum Gasteiger partial charge on any atom is 0.340 e. The molecule has 1 aromatic heterocycles. The van der Waals surface area contributed by atoms with Crippen molar-refractivity contribution in [3.63, 3.8) is 0 Å². The lowest BCUT2D eigenvalue weighted by Crippen LogP contribution is -2.16. The number of para-hydroxylation sites is 1. The summed E-state index contributed by atoms with van der Waals surface area (Å²) in [6.45, 7) is 4.60. The average Bonchev–Trinajstić information content (AvgIpc) is 2.73. The summed E-state index contributed by atoms with van der Waals surface area (Å²) in [7, 11) is 0. The van der Waals surface area contributed by atoms with Crippen LogP contribution in [0.25, 0.3) is 0 Å². The van der Waals surface area contributed by atoms with Crippen LogP contribution in [0.4, 0.5) is 11.6 Å². The van der Waals surface area contributed by atoms with Crippen LogP contribution in [0.1, 0.15) is 38.8 Å². The van der Waals surface area contributed by atoms with Gasteiger partial charge in [0, 0.05) is 18.9 Å². The Morgan fingerprint density at radius 2 is 1.79 bits per heavy atom. The SMILES string of the molecule is CCOC(=O)c1ccccc1NC(=O)c1cnc(NCc2cccc(C)c2)nc1. The summed E-state index contributed by atoms with van der Waals surface area (Å²) >= 11 is 0. The number of anilines is 2. The first-order chi connectivity index (χ1) is 14.1. The van der Waals surface area contributed by atoms with Crippen molar-refractivity contribution in [3.05, 3.63) is 83.2 Å². The standard InChI is InChI=1S/C22H22N4O3/c1-3-29-21(28)18-9-4-5-10-19(18)26-20(27)17-13-24-22(25-14-17)23-12-16-8-6-7-15(2)11-16/h4-11,13-14H,3,12H2,1-2H3,(H,26,27)(H,23,24,25). The number of hydrogen-bond acceptors (Lipinski definition) is 6. The van der Waals surface area contributed by atoms with Crippen molar-refractivity contribution in [1.29, 1.82) is 0 Å². The number of nitrogens with zero attached hydrogens (tertiary/aromatic N) is 2. The lowest BCUT2D eigenvalue weighted by Gasteiger charge is -2.10. The van der Waals surface area contributed by atoms with Crippen molar-refractivity contribution in [2.45, 2.75) is 20.4 Å². The number of amides is 1. The molecular weight excluding hydrogens is 368 g/mol. The lowest BCUT2D eigenvalue weighted by molar-refractivity contribution is 0.0527. The number of ether oxygens (including phenoxy) is 1. The normalized spacial score (nSPS) is 10.3. The molecule has 2 N–H and O–H groups in total. The Morgan fingerprint density at radius 1 is 1.03 bits per heavy atom. The topological polar surface area (TPSA) is 93.2 Å². The quantitative estimate of drug-likeness (QED) is 0.596. The zero-order chi connectivity index (χ0) is 20.6. The molecule has 2 aromatic carbocycles. The highest BCUT2D eigenvalue weighted by Gasteiger charge is 2.15. The fourth-order valence-electron chi connectivity index (χ4n) is 2.71. The Kier molecular flexibility index (Phi) is 6.52. The molecule has 0 aliphatic heterocycles. The highest BCUT2D eigenvalue weighted by molar-refractivity contribution is 6.07. The molecule has 0 fully saturated rings. The van der Waals surface area contributed by atoms with Gasteiger partial charge in [-0.15, -0.1) is 0 Å². The van der Waals surface area contributed by atoms with E-state index in [-0.39, 0.29) is 12.2 Å². The molecule has 3 rings (SSSR count). The van der Waals surface area contributed by atoms with Crippen LogP contribution in [-0.2, 0) is 11.3 Å². The summed E-state index contributed by atoms with van der Waals surface area (Å²) in [5, 5.41) is 5.84. The molecule has 0 saturated heterocycles. The zero-order valence-electron chi connectivity index (χ0n) is 16.3. The molecule has 7 nitrogen and oxygen atoms in total. The fourth-order valence-corrected chi connectivity index (χ4v) is 2.71. The average molecular weight is 390 g/mol. The molecule has 29 heavy (non-hydrogen) atoms. The molecule has 148 valence electrons. The second kappa shape index (κ2) is 9.45. The van der Waals surface area contributed by atoms with Gasteiger partial charge >= 0.3 is 5.97 Å². The number of esters is 1. The molecule has 0 bridgehead atoms. The number of rotatable bonds is 7. The third-order valence-corrected chi connectivity index (χ3v) is 4.12. The Labute approximate surface area is 169 Å². The Balaban J connectivity index is 1.64. The molecule has 0 atom stereocenters. The molecule has 0 unspecified atom stereocenters. The smallest absolute Gasteiger partial charge is 0.340 e. The molecule has 0 aliphatic rings. The highest BCUT2D eigenvalue weighted by Crippen LogP contribution is 2.17. The summed E-state index contributed by atoms with van der Waals surface area (Å²) in [5.41, 5.74) is 3.24. The summed E-state index contributed by atoms with van der Waals surface area (Å²) < 4.78 is 5.02. The molecule has 1 heterocycles. The van der Waals surface area contributed by atoms with Crippen molar-refractivity contribution >= 4 is 23.5 Å². The predicted octanol–water partition coefficient (Wildman–Crippen LogP) is 3.83. The minimum atomic E-state index is -0.490. The first-order valence-corrected chi connectivity index (χ1v) is 9.25. The van der Waals surface area contributed by atoms with E-state index in [1.807, 2.05) is 25.1 Å². The van der Waals surface area contributed by atoms with Gasteiger partial charge in [-0.2, -0.15) is 0 Å². The van der Waals surface area contributed by atoms with E-state index in [2.05, 4.69) is 26.7 Å². The van der Waals surface area contributed by atoms with Gasteiger partial charge in [0.15, 0.2) is 0 Å². The van der Waals surface area contributed by atoms with Crippen molar-refractivity contribution in [3.8, 4) is 0 Å². The third kappa shape index (κ3) is 5.38. The zero-order valence-corrected chi connectivity index (χ0v) is 16.3. The van der Waals surface area contributed by atoms with Crippen molar-refractivity contribution in [2.75, 3.05) is 17.2 Å². The van der Waals surface area contributed by atoms with Gasteiger partial charge in [0.2, 0.25) is 5.95 Å². The van der Waals surface area contributed by atoms with Gasteiger partial charge in [-0.05, 0) is 31.5 Å². The van der Waals surface area contributed by atoms with Gasteiger partial charge in [-0.1, -0.05) is 42.0 Å². The summed E-state index contributed by atoms with van der Waals surface area (Å²) in [6, 6.07) is 14.8. The van der Waals surface area contributed by atoms with Crippen LogP contribution in [0.2, 0.25) is 0 Å². The van der Waals surface area contributed by atoms with E-state index < -0.39 is 11.9 Å². The van der Waals surface area contributed by atoms with E-state index in [0.29, 0.717) is 23.7 Å². The fraction of sp³-hybridized carbons (Fsp3) is 0.182. The maximum atomic E-state index is 12.5. The Hall–Kier alpha value is -3.74. The van der Waals surface area contributed by atoms with Crippen LogP contribution >= 0.6 is 0 Å². The van der Waals surface area contributed by atoms with Gasteiger partial charge in [0.05, 0.1) is 23.4 Å². The number of benzene rings is 2. The van der Waals surface area contributed by atoms with Gasteiger partial charge in [-0.3, -0.25) is 4.79 Å².